The molecule has 1 aromatic carbocycles. The Balaban J connectivity index is 0.00000261. The van der Waals surface area contributed by atoms with Crippen LogP contribution in [-0.2, 0) is 9.84 Å². The maximum atomic E-state index is 12.2. The second-order valence-corrected chi connectivity index (χ2v) is 11.2. The van der Waals surface area contributed by atoms with E-state index in [1.807, 2.05) is 0 Å². The number of sulfone groups is 1. The first-order chi connectivity index (χ1) is 12.1. The smallest absolute Gasteiger partial charge is 0.193 e. The molecule has 1 saturated heterocycles. The zero-order valence-corrected chi connectivity index (χ0v) is 20.0. The molecule has 1 aliphatic carbocycles. The average Bonchev–Trinajstić information content (AvgIpc) is 3.34. The van der Waals surface area contributed by atoms with Crippen LogP contribution in [0.4, 0.5) is 0 Å². The normalized spacial score (nSPS) is 26.4. The van der Waals surface area contributed by atoms with Gasteiger partial charge in [0.1, 0.15) is 0 Å². The summed E-state index contributed by atoms with van der Waals surface area (Å²) in [4.78, 5) is 6.49. The van der Waals surface area contributed by atoms with Crippen LogP contribution < -0.4 is 5.32 Å². The highest BCUT2D eigenvalue weighted by molar-refractivity contribution is 14.0. The van der Waals surface area contributed by atoms with Crippen molar-refractivity contribution < 1.29 is 8.42 Å². The molecule has 0 aromatic heterocycles. The molecule has 1 aliphatic heterocycles. The van der Waals surface area contributed by atoms with Crippen molar-refractivity contribution in [3.63, 3.8) is 0 Å². The van der Waals surface area contributed by atoms with Gasteiger partial charge in [-0.15, -0.1) is 24.0 Å². The number of nitrogens with one attached hydrogen (secondary N) is 1. The summed E-state index contributed by atoms with van der Waals surface area (Å²) < 4.78 is 23.7. The van der Waals surface area contributed by atoms with Crippen LogP contribution >= 0.6 is 24.0 Å². The fraction of sp³-hybridized carbons (Fsp3) is 0.650. The molecule has 0 radical (unpaired) electrons. The third-order valence-corrected chi connectivity index (χ3v) is 8.22. The minimum atomic E-state index is -3.04. The summed E-state index contributed by atoms with van der Waals surface area (Å²) in [6.45, 7) is 9.01. The van der Waals surface area contributed by atoms with Gasteiger partial charge in [0.05, 0.1) is 10.5 Å². The predicted octanol–water partition coefficient (Wildman–Crippen LogP) is 3.37. The van der Waals surface area contributed by atoms with Gasteiger partial charge < -0.3 is 10.2 Å². The minimum absolute atomic E-state index is 0. The van der Waals surface area contributed by atoms with Crippen LogP contribution in [-0.4, -0.2) is 56.0 Å². The molecule has 3 rings (SSSR count). The molecule has 2 fully saturated rings. The van der Waals surface area contributed by atoms with Crippen molar-refractivity contribution in [2.75, 3.05) is 25.9 Å². The molecule has 2 atom stereocenters. The fourth-order valence-electron chi connectivity index (χ4n) is 3.64. The van der Waals surface area contributed by atoms with E-state index in [9.17, 15) is 8.42 Å². The molecule has 1 saturated carbocycles. The second kappa shape index (κ2) is 8.27. The number of halogens is 1. The van der Waals surface area contributed by atoms with E-state index in [1.54, 1.807) is 20.9 Å². The first kappa shape index (κ1) is 22.5. The van der Waals surface area contributed by atoms with E-state index in [-0.39, 0.29) is 29.7 Å². The van der Waals surface area contributed by atoms with Gasteiger partial charge in [0, 0.05) is 32.1 Å². The summed E-state index contributed by atoms with van der Waals surface area (Å²) in [5, 5.41) is 3.54. The molecule has 5 nitrogen and oxygen atoms in total. The van der Waals surface area contributed by atoms with Crippen LogP contribution in [0.5, 0.6) is 0 Å². The van der Waals surface area contributed by atoms with Gasteiger partial charge in [-0.25, -0.2) is 8.42 Å². The van der Waals surface area contributed by atoms with Crippen LogP contribution in [0.1, 0.15) is 57.1 Å². The molecule has 152 valence electrons. The molecule has 27 heavy (non-hydrogen) atoms. The average molecular weight is 505 g/mol. The molecule has 0 amide bonds. The van der Waals surface area contributed by atoms with Crippen molar-refractivity contribution in [3.05, 3.63) is 35.4 Å². The Labute approximate surface area is 181 Å². The third kappa shape index (κ3) is 4.78. The highest BCUT2D eigenvalue weighted by Crippen LogP contribution is 2.41. The number of benzene rings is 1. The molecule has 7 heteroatoms. The standard InChI is InChI=1S/C20H31N3O2S.HI/c1-14(2)15-6-8-16(9-7-15)17-12-18(17)22-19(21-5)23-10-11-26(24,25)20(3,4)13-23;/h6-9,14,17-18H,10-13H2,1-5H3,(H,21,22);1H. The SMILES string of the molecule is CN=C(NC1CC1c1ccc(C(C)C)cc1)N1CCS(=O)(=O)C(C)(C)C1.I. The first-order valence-electron chi connectivity index (χ1n) is 9.45. The molecule has 2 aliphatic rings. The van der Waals surface area contributed by atoms with Gasteiger partial charge in [-0.3, -0.25) is 4.99 Å². The van der Waals surface area contributed by atoms with Crippen molar-refractivity contribution in [1.29, 1.82) is 0 Å². The molecule has 0 bridgehead atoms. The van der Waals surface area contributed by atoms with Gasteiger partial charge in [-0.2, -0.15) is 0 Å². The minimum Gasteiger partial charge on any atom is -0.353 e. The molecule has 1 heterocycles. The van der Waals surface area contributed by atoms with Gasteiger partial charge in [0.25, 0.3) is 0 Å². The largest absolute Gasteiger partial charge is 0.353 e. The van der Waals surface area contributed by atoms with Crippen molar-refractivity contribution in [2.45, 2.75) is 56.7 Å². The Morgan fingerprint density at radius 3 is 2.41 bits per heavy atom. The summed E-state index contributed by atoms with van der Waals surface area (Å²) in [7, 11) is -1.27. The quantitative estimate of drug-likeness (QED) is 0.389. The Morgan fingerprint density at radius 1 is 1.26 bits per heavy atom. The van der Waals surface area contributed by atoms with Gasteiger partial charge in [-0.05, 0) is 37.3 Å². The fourth-order valence-corrected chi connectivity index (χ4v) is 5.00. The summed E-state index contributed by atoms with van der Waals surface area (Å²) >= 11 is 0. The summed E-state index contributed by atoms with van der Waals surface area (Å²) in [5.41, 5.74) is 2.73. The molecule has 1 aromatic rings. The number of rotatable bonds is 3. The third-order valence-electron chi connectivity index (χ3n) is 5.69. The lowest BCUT2D eigenvalue weighted by Gasteiger charge is -2.39. The maximum Gasteiger partial charge on any atom is 0.193 e. The number of guanidine groups is 1. The van der Waals surface area contributed by atoms with Crippen molar-refractivity contribution in [1.82, 2.24) is 10.2 Å². The topological polar surface area (TPSA) is 61.8 Å². The van der Waals surface area contributed by atoms with Crippen LogP contribution in [0.25, 0.3) is 0 Å². The van der Waals surface area contributed by atoms with E-state index >= 15 is 0 Å². The highest BCUT2D eigenvalue weighted by atomic mass is 127. The molecule has 0 spiro atoms. The number of hydrogen-bond acceptors (Lipinski definition) is 3. The summed E-state index contributed by atoms with van der Waals surface area (Å²) in [6, 6.07) is 9.30. The van der Waals surface area contributed by atoms with E-state index in [4.69, 9.17) is 0 Å². The van der Waals surface area contributed by atoms with Crippen molar-refractivity contribution in [2.24, 2.45) is 4.99 Å². The molecule has 2 unspecified atom stereocenters. The zero-order valence-electron chi connectivity index (χ0n) is 16.9. The van der Waals surface area contributed by atoms with Crippen LogP contribution in [0.2, 0.25) is 0 Å². The number of nitrogens with zero attached hydrogens (tertiary/aromatic N) is 2. The second-order valence-electron chi connectivity index (χ2n) is 8.46. The van der Waals surface area contributed by atoms with Crippen molar-refractivity contribution >= 4 is 39.8 Å². The predicted molar refractivity (Wildman–Crippen MR) is 123 cm³/mol. The number of aliphatic imine (C=N–C) groups is 1. The summed E-state index contributed by atoms with van der Waals surface area (Å²) in [6.07, 6.45) is 1.09. The Kier molecular flexibility index (Phi) is 6.88. The van der Waals surface area contributed by atoms with E-state index in [2.05, 4.69) is 53.3 Å². The first-order valence-corrected chi connectivity index (χ1v) is 11.1. The molecular weight excluding hydrogens is 473 g/mol. The lowest BCUT2D eigenvalue weighted by Crippen LogP contribution is -2.57. The highest BCUT2D eigenvalue weighted by Gasteiger charge is 2.43. The number of hydrogen-bond donors (Lipinski definition) is 1. The van der Waals surface area contributed by atoms with E-state index in [1.165, 1.54) is 11.1 Å². The van der Waals surface area contributed by atoms with Crippen LogP contribution in [0.15, 0.2) is 29.3 Å². The zero-order chi connectivity index (χ0) is 19.1. The van der Waals surface area contributed by atoms with E-state index in [0.717, 1.165) is 12.4 Å². The van der Waals surface area contributed by atoms with Gasteiger partial charge in [-0.1, -0.05) is 38.1 Å². The Hall–Kier alpha value is -0.830. The monoisotopic (exact) mass is 505 g/mol. The molecule has 1 N–H and O–H groups in total. The summed E-state index contributed by atoms with van der Waals surface area (Å²) in [5.74, 6) is 2.06. The Bertz CT molecular complexity index is 788. The Morgan fingerprint density at radius 2 is 1.89 bits per heavy atom. The van der Waals surface area contributed by atoms with Gasteiger partial charge >= 0.3 is 0 Å². The van der Waals surface area contributed by atoms with Crippen LogP contribution in [0, 0.1) is 0 Å². The van der Waals surface area contributed by atoms with Crippen molar-refractivity contribution in [3.8, 4) is 0 Å². The van der Waals surface area contributed by atoms with Gasteiger partial charge in [0.2, 0.25) is 0 Å². The van der Waals surface area contributed by atoms with E-state index < -0.39 is 14.6 Å². The maximum absolute atomic E-state index is 12.2. The van der Waals surface area contributed by atoms with Crippen LogP contribution in [0.3, 0.4) is 0 Å². The van der Waals surface area contributed by atoms with E-state index in [0.29, 0.717) is 31.0 Å². The lowest BCUT2D eigenvalue weighted by molar-refractivity contribution is 0.353. The lowest BCUT2D eigenvalue weighted by atomic mass is 10.0. The molecular formula is C20H32IN3O2S. The van der Waals surface area contributed by atoms with Gasteiger partial charge in [0.15, 0.2) is 15.8 Å².